The summed E-state index contributed by atoms with van der Waals surface area (Å²) in [5.74, 6) is 0.332. The van der Waals surface area contributed by atoms with Crippen molar-refractivity contribution < 1.29 is 14.3 Å². The summed E-state index contributed by atoms with van der Waals surface area (Å²) in [6, 6.07) is 16.8. The normalized spacial score (nSPS) is 16.2. The Bertz CT molecular complexity index is 1140. The minimum absolute atomic E-state index is 0.0599. The van der Waals surface area contributed by atoms with Crippen molar-refractivity contribution in [1.29, 1.82) is 0 Å². The first-order chi connectivity index (χ1) is 15.0. The average molecular weight is 437 g/mol. The molecular weight excluding hydrogens is 412 g/mol. The van der Waals surface area contributed by atoms with Gasteiger partial charge in [-0.25, -0.2) is 0 Å². The first-order valence-electron chi connectivity index (χ1n) is 10.4. The molecule has 5 nitrogen and oxygen atoms in total. The number of piperidine rings is 1. The fraction of sp³-hybridized carbons (Fsp3) is 0.280. The Kier molecular flexibility index (Phi) is 6.14. The molecule has 0 spiro atoms. The SMILES string of the molecule is COc1ccc(C(=O)N2CCCC(C(=O)Nc3cc(Cl)ccc3C)C2)c2ccccc12. The molecule has 4 rings (SSSR count). The molecule has 2 amide bonds. The number of aryl methyl sites for hydroxylation is 1. The van der Waals surface area contributed by atoms with Crippen molar-refractivity contribution in [1.82, 2.24) is 4.90 Å². The molecule has 160 valence electrons. The smallest absolute Gasteiger partial charge is 0.254 e. The first-order valence-corrected chi connectivity index (χ1v) is 10.8. The van der Waals surface area contributed by atoms with E-state index in [0.717, 1.165) is 34.9 Å². The van der Waals surface area contributed by atoms with Crippen LogP contribution in [0, 0.1) is 12.8 Å². The van der Waals surface area contributed by atoms with Gasteiger partial charge in [-0.15, -0.1) is 0 Å². The Labute approximate surface area is 186 Å². The van der Waals surface area contributed by atoms with Gasteiger partial charge in [0.1, 0.15) is 5.75 Å². The number of halogens is 1. The van der Waals surface area contributed by atoms with Crippen molar-refractivity contribution in [2.45, 2.75) is 19.8 Å². The Balaban J connectivity index is 1.54. The number of methoxy groups -OCH3 is 1. The molecule has 0 aromatic heterocycles. The van der Waals surface area contributed by atoms with Crippen LogP contribution in [0.15, 0.2) is 54.6 Å². The Morgan fingerprint density at radius 2 is 1.87 bits per heavy atom. The van der Waals surface area contributed by atoms with Gasteiger partial charge in [-0.3, -0.25) is 9.59 Å². The van der Waals surface area contributed by atoms with Gasteiger partial charge in [-0.2, -0.15) is 0 Å². The largest absolute Gasteiger partial charge is 0.496 e. The predicted molar refractivity (Wildman–Crippen MR) is 124 cm³/mol. The second kappa shape index (κ2) is 8.98. The van der Waals surface area contributed by atoms with Gasteiger partial charge < -0.3 is 15.0 Å². The molecule has 31 heavy (non-hydrogen) atoms. The molecular formula is C25H25ClN2O3. The number of benzene rings is 3. The van der Waals surface area contributed by atoms with E-state index in [1.54, 1.807) is 24.1 Å². The second-order valence-electron chi connectivity index (χ2n) is 7.90. The van der Waals surface area contributed by atoms with Crippen molar-refractivity contribution in [3.8, 4) is 5.75 Å². The molecule has 1 saturated heterocycles. The second-order valence-corrected chi connectivity index (χ2v) is 8.34. The monoisotopic (exact) mass is 436 g/mol. The summed E-state index contributed by atoms with van der Waals surface area (Å²) < 4.78 is 5.44. The molecule has 1 N–H and O–H groups in total. The fourth-order valence-corrected chi connectivity index (χ4v) is 4.32. The summed E-state index contributed by atoms with van der Waals surface area (Å²) in [4.78, 5) is 28.1. The molecule has 1 heterocycles. The van der Waals surface area contributed by atoms with Crippen LogP contribution >= 0.6 is 11.6 Å². The number of likely N-dealkylation sites (tertiary alicyclic amines) is 1. The molecule has 0 saturated carbocycles. The van der Waals surface area contributed by atoms with Crippen molar-refractivity contribution in [3.05, 3.63) is 70.7 Å². The molecule has 0 aliphatic carbocycles. The lowest BCUT2D eigenvalue weighted by molar-refractivity contribution is -0.121. The Morgan fingerprint density at radius 3 is 2.65 bits per heavy atom. The molecule has 0 bridgehead atoms. The maximum Gasteiger partial charge on any atom is 0.254 e. The zero-order valence-corrected chi connectivity index (χ0v) is 18.4. The third kappa shape index (κ3) is 4.37. The van der Waals surface area contributed by atoms with Gasteiger partial charge >= 0.3 is 0 Å². The third-order valence-corrected chi connectivity index (χ3v) is 6.11. The van der Waals surface area contributed by atoms with E-state index in [1.165, 1.54) is 0 Å². The number of hydrogen-bond donors (Lipinski definition) is 1. The van der Waals surface area contributed by atoms with Gasteiger partial charge in [0, 0.05) is 34.7 Å². The van der Waals surface area contributed by atoms with Crippen LogP contribution in [0.25, 0.3) is 10.8 Å². The summed E-state index contributed by atoms with van der Waals surface area (Å²) in [5.41, 5.74) is 2.29. The minimum Gasteiger partial charge on any atom is -0.496 e. The van der Waals surface area contributed by atoms with E-state index in [9.17, 15) is 9.59 Å². The summed E-state index contributed by atoms with van der Waals surface area (Å²) in [6.45, 7) is 2.96. The summed E-state index contributed by atoms with van der Waals surface area (Å²) in [7, 11) is 1.62. The van der Waals surface area contributed by atoms with Gasteiger partial charge in [-0.1, -0.05) is 41.9 Å². The highest BCUT2D eigenvalue weighted by atomic mass is 35.5. The Hall–Kier alpha value is -3.05. The molecule has 1 aliphatic rings. The van der Waals surface area contributed by atoms with Crippen LogP contribution in [0.1, 0.15) is 28.8 Å². The first kappa shape index (κ1) is 21.2. The lowest BCUT2D eigenvalue weighted by Crippen LogP contribution is -2.43. The zero-order valence-electron chi connectivity index (χ0n) is 17.7. The number of nitrogens with one attached hydrogen (secondary N) is 1. The van der Waals surface area contributed by atoms with Gasteiger partial charge in [0.2, 0.25) is 5.91 Å². The lowest BCUT2D eigenvalue weighted by atomic mass is 9.95. The van der Waals surface area contributed by atoms with E-state index < -0.39 is 0 Å². The van der Waals surface area contributed by atoms with E-state index in [4.69, 9.17) is 16.3 Å². The standard InChI is InChI=1S/C25H25ClN2O3/c1-16-9-10-18(26)14-22(16)27-24(29)17-6-5-13-28(15-17)25(30)21-11-12-23(31-2)20-8-4-3-7-19(20)21/h3-4,7-12,14,17H,5-6,13,15H2,1-2H3,(H,27,29). The molecule has 1 fully saturated rings. The van der Waals surface area contributed by atoms with Crippen molar-refractivity contribution in [2.24, 2.45) is 5.92 Å². The topological polar surface area (TPSA) is 58.6 Å². The van der Waals surface area contributed by atoms with Crippen LogP contribution in [0.3, 0.4) is 0 Å². The van der Waals surface area contributed by atoms with Crippen molar-refractivity contribution in [3.63, 3.8) is 0 Å². The highest BCUT2D eigenvalue weighted by Crippen LogP contribution is 2.30. The number of amides is 2. The van der Waals surface area contributed by atoms with Crippen LogP contribution in [0.2, 0.25) is 5.02 Å². The number of fused-ring (bicyclic) bond motifs is 1. The van der Waals surface area contributed by atoms with E-state index >= 15 is 0 Å². The Morgan fingerprint density at radius 1 is 1.10 bits per heavy atom. The maximum absolute atomic E-state index is 13.4. The number of carbonyl (C=O) groups is 2. The molecule has 1 aliphatic heterocycles. The van der Waals surface area contributed by atoms with Gasteiger partial charge in [0.15, 0.2) is 0 Å². The number of hydrogen-bond acceptors (Lipinski definition) is 3. The molecule has 3 aromatic rings. The highest BCUT2D eigenvalue weighted by molar-refractivity contribution is 6.31. The minimum atomic E-state index is -0.263. The van der Waals surface area contributed by atoms with Crippen LogP contribution in [0.5, 0.6) is 5.75 Å². The predicted octanol–water partition coefficient (Wildman–Crippen LogP) is 5.30. The van der Waals surface area contributed by atoms with E-state index in [0.29, 0.717) is 29.4 Å². The van der Waals surface area contributed by atoms with Crippen molar-refractivity contribution in [2.75, 3.05) is 25.5 Å². The van der Waals surface area contributed by atoms with E-state index in [1.807, 2.05) is 49.4 Å². The van der Waals surface area contributed by atoms with Gasteiger partial charge in [0.25, 0.3) is 5.91 Å². The van der Waals surface area contributed by atoms with Crippen LogP contribution < -0.4 is 10.1 Å². The number of ether oxygens (including phenoxy) is 1. The summed E-state index contributed by atoms with van der Waals surface area (Å²) in [6.07, 6.45) is 1.53. The van der Waals surface area contributed by atoms with Crippen LogP contribution in [-0.2, 0) is 4.79 Å². The van der Waals surface area contributed by atoms with E-state index in [-0.39, 0.29) is 17.7 Å². The van der Waals surface area contributed by atoms with Crippen molar-refractivity contribution >= 4 is 39.9 Å². The summed E-state index contributed by atoms with van der Waals surface area (Å²) >= 11 is 6.07. The fourth-order valence-electron chi connectivity index (χ4n) is 4.15. The van der Waals surface area contributed by atoms with Crippen LogP contribution in [-0.4, -0.2) is 36.9 Å². The number of carbonyl (C=O) groups excluding carboxylic acids is 2. The summed E-state index contributed by atoms with van der Waals surface area (Å²) in [5, 5.41) is 5.32. The van der Waals surface area contributed by atoms with Gasteiger partial charge in [-0.05, 0) is 55.0 Å². The molecule has 1 unspecified atom stereocenters. The molecule has 0 radical (unpaired) electrons. The van der Waals surface area contributed by atoms with E-state index in [2.05, 4.69) is 5.32 Å². The third-order valence-electron chi connectivity index (χ3n) is 5.87. The average Bonchev–Trinajstić information content (AvgIpc) is 2.80. The number of rotatable bonds is 4. The van der Waals surface area contributed by atoms with Crippen LogP contribution in [0.4, 0.5) is 5.69 Å². The number of nitrogens with zero attached hydrogens (tertiary/aromatic N) is 1. The number of anilines is 1. The molecule has 3 aromatic carbocycles. The van der Waals surface area contributed by atoms with Gasteiger partial charge in [0.05, 0.1) is 13.0 Å². The lowest BCUT2D eigenvalue weighted by Gasteiger charge is -2.32. The quantitative estimate of drug-likeness (QED) is 0.603. The zero-order chi connectivity index (χ0) is 22.0. The molecule has 1 atom stereocenters. The molecule has 6 heteroatoms. The highest BCUT2D eigenvalue weighted by Gasteiger charge is 2.30. The maximum atomic E-state index is 13.4.